The van der Waals surface area contributed by atoms with E-state index in [0.29, 0.717) is 5.54 Å². The van der Waals surface area contributed by atoms with Crippen molar-refractivity contribution >= 4 is 0 Å². The topological polar surface area (TPSA) is 21.3 Å². The van der Waals surface area contributed by atoms with Gasteiger partial charge in [0.25, 0.3) is 0 Å². The lowest BCUT2D eigenvalue weighted by Gasteiger charge is -2.43. The van der Waals surface area contributed by atoms with Crippen LogP contribution >= 0.6 is 0 Å². The van der Waals surface area contributed by atoms with E-state index in [-0.39, 0.29) is 0 Å². The van der Waals surface area contributed by atoms with Crippen LogP contribution in [0.1, 0.15) is 39.0 Å². The van der Waals surface area contributed by atoms with Gasteiger partial charge in [-0.2, -0.15) is 0 Å². The fraction of sp³-hybridized carbons (Fsp3) is 1.00. The first-order valence-electron chi connectivity index (χ1n) is 5.14. The van der Waals surface area contributed by atoms with Crippen LogP contribution in [0, 0.1) is 0 Å². The summed E-state index contributed by atoms with van der Waals surface area (Å²) in [6, 6.07) is 0.726. The maximum atomic E-state index is 5.33. The molecule has 1 saturated carbocycles. The van der Waals surface area contributed by atoms with Gasteiger partial charge in [-0.1, -0.05) is 0 Å². The summed E-state index contributed by atoms with van der Waals surface area (Å²) in [4.78, 5) is 0. The normalized spacial score (nSPS) is 29.8. The summed E-state index contributed by atoms with van der Waals surface area (Å²) in [6.45, 7) is 4.26. The SMILES string of the molecule is CC1(NC2CCOCC2)CCC1. The highest BCUT2D eigenvalue weighted by molar-refractivity contribution is 4.94. The molecule has 1 aliphatic heterocycles. The number of hydrogen-bond donors (Lipinski definition) is 1. The largest absolute Gasteiger partial charge is 0.381 e. The van der Waals surface area contributed by atoms with Crippen molar-refractivity contribution in [1.82, 2.24) is 5.32 Å². The molecule has 0 bridgehead atoms. The van der Waals surface area contributed by atoms with Gasteiger partial charge < -0.3 is 10.1 Å². The molecule has 0 unspecified atom stereocenters. The second-order valence-electron chi connectivity index (χ2n) is 4.45. The molecule has 0 spiro atoms. The van der Waals surface area contributed by atoms with Crippen LogP contribution in [0.5, 0.6) is 0 Å². The Morgan fingerprint density at radius 1 is 1.25 bits per heavy atom. The van der Waals surface area contributed by atoms with Crippen LogP contribution in [0.25, 0.3) is 0 Å². The second kappa shape index (κ2) is 3.35. The Morgan fingerprint density at radius 2 is 1.92 bits per heavy atom. The molecule has 2 fully saturated rings. The molecule has 2 rings (SSSR count). The molecule has 0 amide bonds. The second-order valence-corrected chi connectivity index (χ2v) is 4.45. The summed E-state index contributed by atoms with van der Waals surface area (Å²) in [5, 5.41) is 3.75. The van der Waals surface area contributed by atoms with Crippen molar-refractivity contribution in [2.45, 2.75) is 50.6 Å². The van der Waals surface area contributed by atoms with Crippen LogP contribution in [0.15, 0.2) is 0 Å². The van der Waals surface area contributed by atoms with Gasteiger partial charge in [-0.25, -0.2) is 0 Å². The molecule has 0 aromatic heterocycles. The first-order chi connectivity index (χ1) is 5.79. The minimum Gasteiger partial charge on any atom is -0.381 e. The van der Waals surface area contributed by atoms with E-state index in [9.17, 15) is 0 Å². The van der Waals surface area contributed by atoms with Crippen molar-refractivity contribution in [2.24, 2.45) is 0 Å². The highest BCUT2D eigenvalue weighted by Crippen LogP contribution is 2.32. The Morgan fingerprint density at radius 3 is 2.42 bits per heavy atom. The molecule has 12 heavy (non-hydrogen) atoms. The molecule has 1 saturated heterocycles. The molecular formula is C10H19NO. The lowest BCUT2D eigenvalue weighted by Crippen LogP contribution is -2.53. The number of hydrogen-bond acceptors (Lipinski definition) is 2. The van der Waals surface area contributed by atoms with E-state index >= 15 is 0 Å². The van der Waals surface area contributed by atoms with Gasteiger partial charge in [0.1, 0.15) is 0 Å². The Balaban J connectivity index is 1.77. The van der Waals surface area contributed by atoms with E-state index in [1.54, 1.807) is 0 Å². The third-order valence-corrected chi connectivity index (χ3v) is 3.23. The van der Waals surface area contributed by atoms with E-state index in [1.165, 1.54) is 32.1 Å². The smallest absolute Gasteiger partial charge is 0.0480 e. The molecule has 70 valence electrons. The fourth-order valence-corrected chi connectivity index (χ4v) is 2.19. The zero-order valence-corrected chi connectivity index (χ0v) is 7.94. The summed E-state index contributed by atoms with van der Waals surface area (Å²) in [6.07, 6.45) is 6.55. The standard InChI is InChI=1S/C10H19NO/c1-10(5-2-6-10)11-9-3-7-12-8-4-9/h9,11H,2-8H2,1H3. The van der Waals surface area contributed by atoms with Crippen molar-refractivity contribution in [2.75, 3.05) is 13.2 Å². The zero-order chi connectivity index (χ0) is 8.44. The maximum absolute atomic E-state index is 5.33. The third kappa shape index (κ3) is 1.80. The molecule has 1 aliphatic carbocycles. The maximum Gasteiger partial charge on any atom is 0.0480 e. The Bertz CT molecular complexity index is 148. The molecule has 2 nitrogen and oxygen atoms in total. The van der Waals surface area contributed by atoms with Crippen molar-refractivity contribution in [3.63, 3.8) is 0 Å². The van der Waals surface area contributed by atoms with Gasteiger partial charge >= 0.3 is 0 Å². The van der Waals surface area contributed by atoms with Crippen LogP contribution in [0.4, 0.5) is 0 Å². The molecule has 1 heterocycles. The van der Waals surface area contributed by atoms with Gasteiger partial charge in [-0.15, -0.1) is 0 Å². The van der Waals surface area contributed by atoms with Crippen molar-refractivity contribution in [1.29, 1.82) is 0 Å². The van der Waals surface area contributed by atoms with Gasteiger partial charge in [0.15, 0.2) is 0 Å². The van der Waals surface area contributed by atoms with E-state index in [0.717, 1.165) is 19.3 Å². The van der Waals surface area contributed by atoms with E-state index in [1.807, 2.05) is 0 Å². The molecule has 1 N–H and O–H groups in total. The number of nitrogens with one attached hydrogen (secondary N) is 1. The Kier molecular flexibility index (Phi) is 2.37. The molecule has 2 heteroatoms. The van der Waals surface area contributed by atoms with Gasteiger partial charge in [0.05, 0.1) is 0 Å². The molecule has 0 aromatic carbocycles. The molecule has 0 aromatic rings. The van der Waals surface area contributed by atoms with Gasteiger partial charge in [0, 0.05) is 24.8 Å². The monoisotopic (exact) mass is 169 g/mol. The quantitative estimate of drug-likeness (QED) is 0.679. The predicted molar refractivity (Wildman–Crippen MR) is 49.2 cm³/mol. The predicted octanol–water partition coefficient (Wildman–Crippen LogP) is 1.70. The zero-order valence-electron chi connectivity index (χ0n) is 7.94. The number of ether oxygens (including phenoxy) is 1. The average molecular weight is 169 g/mol. The van der Waals surface area contributed by atoms with Crippen LogP contribution < -0.4 is 5.32 Å². The molecule has 0 atom stereocenters. The summed E-state index contributed by atoms with van der Waals surface area (Å²) in [5.41, 5.74) is 0.474. The highest BCUT2D eigenvalue weighted by atomic mass is 16.5. The van der Waals surface area contributed by atoms with Crippen LogP contribution in [-0.4, -0.2) is 24.8 Å². The average Bonchev–Trinajstić information content (AvgIpc) is 2.04. The lowest BCUT2D eigenvalue weighted by molar-refractivity contribution is 0.0589. The van der Waals surface area contributed by atoms with Crippen molar-refractivity contribution in [3.8, 4) is 0 Å². The van der Waals surface area contributed by atoms with Crippen molar-refractivity contribution < 1.29 is 4.74 Å². The van der Waals surface area contributed by atoms with Gasteiger partial charge in [-0.05, 0) is 39.0 Å². The number of rotatable bonds is 2. The van der Waals surface area contributed by atoms with Crippen molar-refractivity contribution in [3.05, 3.63) is 0 Å². The molecular weight excluding hydrogens is 150 g/mol. The molecule has 0 radical (unpaired) electrons. The first kappa shape index (κ1) is 8.52. The minimum atomic E-state index is 0.474. The summed E-state index contributed by atoms with van der Waals surface area (Å²) < 4.78 is 5.33. The van der Waals surface area contributed by atoms with Gasteiger partial charge in [0.2, 0.25) is 0 Å². The van der Waals surface area contributed by atoms with Gasteiger partial charge in [-0.3, -0.25) is 0 Å². The summed E-state index contributed by atoms with van der Waals surface area (Å²) >= 11 is 0. The fourth-order valence-electron chi connectivity index (χ4n) is 2.19. The van der Waals surface area contributed by atoms with Crippen LogP contribution in [-0.2, 0) is 4.74 Å². The summed E-state index contributed by atoms with van der Waals surface area (Å²) in [5.74, 6) is 0. The van der Waals surface area contributed by atoms with E-state index in [2.05, 4.69) is 12.2 Å². The van der Waals surface area contributed by atoms with E-state index in [4.69, 9.17) is 4.74 Å². The van der Waals surface area contributed by atoms with Crippen LogP contribution in [0.2, 0.25) is 0 Å². The van der Waals surface area contributed by atoms with Crippen LogP contribution in [0.3, 0.4) is 0 Å². The van der Waals surface area contributed by atoms with E-state index < -0.39 is 0 Å². The molecule has 2 aliphatic rings. The third-order valence-electron chi connectivity index (χ3n) is 3.23. The minimum absolute atomic E-state index is 0.474. The first-order valence-corrected chi connectivity index (χ1v) is 5.14. The highest BCUT2D eigenvalue weighted by Gasteiger charge is 2.33. The lowest BCUT2D eigenvalue weighted by atomic mass is 9.77. The Labute approximate surface area is 74.7 Å². The Hall–Kier alpha value is -0.0800. The summed E-state index contributed by atoms with van der Waals surface area (Å²) in [7, 11) is 0.